The van der Waals surface area contributed by atoms with E-state index in [0.29, 0.717) is 22.6 Å². The maximum Gasteiger partial charge on any atom is 0.170 e. The molecule has 1 aromatic rings. The number of halogens is 1. The van der Waals surface area contributed by atoms with Crippen LogP contribution in [0.25, 0.3) is 0 Å². The van der Waals surface area contributed by atoms with Crippen LogP contribution in [0.4, 0.5) is 4.39 Å². The SMILES string of the molecule is NC(=NO)c1cc(F)ccc1CSCC(O)CO. The number of hydrogen-bond acceptors (Lipinski definition) is 5. The number of aliphatic hydroxyl groups is 2. The van der Waals surface area contributed by atoms with Crippen LogP contribution in [0.3, 0.4) is 0 Å². The number of aliphatic hydroxyl groups excluding tert-OH is 2. The zero-order chi connectivity index (χ0) is 13.5. The molecule has 0 fully saturated rings. The van der Waals surface area contributed by atoms with Crippen LogP contribution in [0.15, 0.2) is 23.4 Å². The Hall–Kier alpha value is -1.31. The van der Waals surface area contributed by atoms with Crippen LogP contribution in [0, 0.1) is 5.82 Å². The van der Waals surface area contributed by atoms with Crippen molar-refractivity contribution >= 4 is 17.6 Å². The highest BCUT2D eigenvalue weighted by Crippen LogP contribution is 2.18. The minimum absolute atomic E-state index is 0.159. The van der Waals surface area contributed by atoms with Gasteiger partial charge in [-0.1, -0.05) is 11.2 Å². The van der Waals surface area contributed by atoms with E-state index in [1.54, 1.807) is 6.07 Å². The van der Waals surface area contributed by atoms with Crippen molar-refractivity contribution in [2.75, 3.05) is 12.4 Å². The fraction of sp³-hybridized carbons (Fsp3) is 0.364. The van der Waals surface area contributed by atoms with Gasteiger partial charge in [0.25, 0.3) is 0 Å². The quantitative estimate of drug-likeness (QED) is 0.262. The molecule has 1 rings (SSSR count). The lowest BCUT2D eigenvalue weighted by molar-refractivity contribution is 0.113. The highest BCUT2D eigenvalue weighted by atomic mass is 32.2. The summed E-state index contributed by atoms with van der Waals surface area (Å²) >= 11 is 1.36. The Balaban J connectivity index is 2.76. The van der Waals surface area contributed by atoms with Crippen LogP contribution >= 0.6 is 11.8 Å². The second-order valence-electron chi connectivity index (χ2n) is 3.64. The lowest BCUT2D eigenvalue weighted by Crippen LogP contribution is -2.17. The largest absolute Gasteiger partial charge is 0.409 e. The van der Waals surface area contributed by atoms with Gasteiger partial charge in [0, 0.05) is 17.1 Å². The Labute approximate surface area is 108 Å². The van der Waals surface area contributed by atoms with E-state index in [9.17, 15) is 9.50 Å². The van der Waals surface area contributed by atoms with Gasteiger partial charge in [0.2, 0.25) is 0 Å². The molecule has 0 radical (unpaired) electrons. The molecule has 0 spiro atoms. The van der Waals surface area contributed by atoms with Crippen LogP contribution in [0.1, 0.15) is 11.1 Å². The molecule has 100 valence electrons. The Morgan fingerprint density at radius 3 is 2.83 bits per heavy atom. The van der Waals surface area contributed by atoms with E-state index in [-0.39, 0.29) is 12.4 Å². The van der Waals surface area contributed by atoms with Crippen molar-refractivity contribution in [3.63, 3.8) is 0 Å². The van der Waals surface area contributed by atoms with Gasteiger partial charge in [0.05, 0.1) is 12.7 Å². The summed E-state index contributed by atoms with van der Waals surface area (Å²) in [6.45, 7) is -0.302. The van der Waals surface area contributed by atoms with Crippen LogP contribution in [0.5, 0.6) is 0 Å². The van der Waals surface area contributed by atoms with Crippen LogP contribution in [-0.4, -0.2) is 39.7 Å². The minimum Gasteiger partial charge on any atom is -0.409 e. The van der Waals surface area contributed by atoms with Crippen molar-refractivity contribution in [1.29, 1.82) is 0 Å². The average molecular weight is 274 g/mol. The smallest absolute Gasteiger partial charge is 0.170 e. The first-order chi connectivity index (χ1) is 8.58. The van der Waals surface area contributed by atoms with Gasteiger partial charge in [-0.2, -0.15) is 11.8 Å². The zero-order valence-corrected chi connectivity index (χ0v) is 10.4. The summed E-state index contributed by atoms with van der Waals surface area (Å²) in [5.74, 6) is 0.181. The van der Waals surface area contributed by atoms with Crippen molar-refractivity contribution in [1.82, 2.24) is 0 Å². The van der Waals surface area contributed by atoms with E-state index in [2.05, 4.69) is 5.16 Å². The summed E-state index contributed by atoms with van der Waals surface area (Å²) in [7, 11) is 0. The maximum atomic E-state index is 13.1. The summed E-state index contributed by atoms with van der Waals surface area (Å²) in [6, 6.07) is 4.01. The van der Waals surface area contributed by atoms with Crippen molar-refractivity contribution in [3.8, 4) is 0 Å². The van der Waals surface area contributed by atoms with Gasteiger partial charge < -0.3 is 21.2 Å². The second-order valence-corrected chi connectivity index (χ2v) is 4.67. The lowest BCUT2D eigenvalue weighted by Gasteiger charge is -2.10. The first kappa shape index (κ1) is 14.7. The van der Waals surface area contributed by atoms with Crippen molar-refractivity contribution in [2.45, 2.75) is 11.9 Å². The van der Waals surface area contributed by atoms with E-state index in [1.807, 2.05) is 0 Å². The predicted octanol–water partition coefficient (Wildman–Crippen LogP) is 0.507. The number of amidine groups is 1. The standard InChI is InChI=1S/C11H15FN2O3S/c12-8-2-1-7(5-18-6-9(16)4-15)10(3-8)11(13)14-17/h1-3,9,15-17H,4-6H2,(H2,13,14). The fourth-order valence-corrected chi connectivity index (χ4v) is 2.29. The normalized spacial score (nSPS) is 13.6. The molecule has 0 aliphatic rings. The highest BCUT2D eigenvalue weighted by Gasteiger charge is 2.10. The first-order valence-corrected chi connectivity index (χ1v) is 6.37. The van der Waals surface area contributed by atoms with E-state index in [4.69, 9.17) is 16.0 Å². The van der Waals surface area contributed by atoms with Gasteiger partial charge in [0.1, 0.15) is 5.82 Å². The molecular weight excluding hydrogens is 259 g/mol. The third kappa shape index (κ3) is 4.17. The topological polar surface area (TPSA) is 99.1 Å². The molecule has 0 aliphatic carbocycles. The molecule has 1 unspecified atom stereocenters. The molecular formula is C11H15FN2O3S. The highest BCUT2D eigenvalue weighted by molar-refractivity contribution is 7.98. The van der Waals surface area contributed by atoms with Gasteiger partial charge in [0.15, 0.2) is 5.84 Å². The Kier molecular flexibility index (Phi) is 5.90. The molecule has 0 saturated heterocycles. The number of benzene rings is 1. The molecule has 18 heavy (non-hydrogen) atoms. The molecule has 5 N–H and O–H groups in total. The van der Waals surface area contributed by atoms with Crippen LogP contribution in [-0.2, 0) is 5.75 Å². The molecule has 7 heteroatoms. The van der Waals surface area contributed by atoms with Crippen molar-refractivity contribution < 1.29 is 19.8 Å². The van der Waals surface area contributed by atoms with Crippen molar-refractivity contribution in [3.05, 3.63) is 35.1 Å². The molecule has 1 aromatic carbocycles. The third-order valence-corrected chi connectivity index (χ3v) is 3.37. The summed E-state index contributed by atoms with van der Waals surface area (Å²) in [5.41, 5.74) is 6.48. The van der Waals surface area contributed by atoms with Crippen molar-refractivity contribution in [2.24, 2.45) is 10.9 Å². The average Bonchev–Trinajstić information content (AvgIpc) is 2.39. The number of oxime groups is 1. The van der Waals surface area contributed by atoms with E-state index < -0.39 is 11.9 Å². The molecule has 0 amide bonds. The summed E-state index contributed by atoms with van der Waals surface area (Å²) in [6.07, 6.45) is -0.789. The van der Waals surface area contributed by atoms with E-state index in [1.165, 1.54) is 23.9 Å². The summed E-state index contributed by atoms with van der Waals surface area (Å²) < 4.78 is 13.1. The minimum atomic E-state index is -0.789. The monoisotopic (exact) mass is 274 g/mol. The zero-order valence-electron chi connectivity index (χ0n) is 9.58. The fourth-order valence-electron chi connectivity index (χ4n) is 1.32. The predicted molar refractivity (Wildman–Crippen MR) is 68.2 cm³/mol. The number of thioether (sulfide) groups is 1. The van der Waals surface area contributed by atoms with E-state index >= 15 is 0 Å². The van der Waals surface area contributed by atoms with E-state index in [0.717, 1.165) is 0 Å². The van der Waals surface area contributed by atoms with Gasteiger partial charge >= 0.3 is 0 Å². The summed E-state index contributed by atoms with van der Waals surface area (Å²) in [5, 5.41) is 29.3. The number of nitrogens with zero attached hydrogens (tertiary/aromatic N) is 1. The van der Waals surface area contributed by atoms with Crippen LogP contribution < -0.4 is 5.73 Å². The molecule has 0 heterocycles. The Morgan fingerprint density at radius 2 is 2.22 bits per heavy atom. The number of rotatable bonds is 6. The lowest BCUT2D eigenvalue weighted by atomic mass is 10.1. The summed E-state index contributed by atoms with van der Waals surface area (Å²) in [4.78, 5) is 0. The molecule has 0 aromatic heterocycles. The maximum absolute atomic E-state index is 13.1. The molecule has 5 nitrogen and oxygen atoms in total. The second kappa shape index (κ2) is 7.20. The Bertz CT molecular complexity index is 429. The molecule has 1 atom stereocenters. The molecule has 0 bridgehead atoms. The molecule has 0 saturated carbocycles. The van der Waals surface area contributed by atoms with Crippen LogP contribution in [0.2, 0.25) is 0 Å². The van der Waals surface area contributed by atoms with Gasteiger partial charge in [-0.15, -0.1) is 0 Å². The number of hydrogen-bond donors (Lipinski definition) is 4. The Morgan fingerprint density at radius 1 is 1.50 bits per heavy atom. The molecule has 0 aliphatic heterocycles. The first-order valence-electron chi connectivity index (χ1n) is 5.21. The van der Waals surface area contributed by atoms with Gasteiger partial charge in [-0.3, -0.25) is 0 Å². The number of nitrogens with two attached hydrogens (primary N) is 1. The third-order valence-electron chi connectivity index (χ3n) is 2.23. The van der Waals surface area contributed by atoms with Gasteiger partial charge in [-0.25, -0.2) is 4.39 Å². The van der Waals surface area contributed by atoms with Gasteiger partial charge in [-0.05, 0) is 17.7 Å².